The number of hydrogen-bond donors (Lipinski definition) is 2. The maximum Gasteiger partial charge on any atom is 0.136 e. The lowest BCUT2D eigenvalue weighted by molar-refractivity contribution is -0.109. The van der Waals surface area contributed by atoms with Gasteiger partial charge in [-0.3, -0.25) is 0 Å². The molecule has 0 spiro atoms. The average molecular weight is 144 g/mol. The minimum absolute atomic E-state index is 0.266. The number of rotatable bonds is 6. The van der Waals surface area contributed by atoms with E-state index in [-0.39, 0.29) is 6.04 Å². The van der Waals surface area contributed by atoms with E-state index in [0.717, 1.165) is 38.5 Å². The lowest BCUT2D eigenvalue weighted by atomic mass is 10.1. The zero-order chi connectivity index (χ0) is 7.82. The summed E-state index contributed by atoms with van der Waals surface area (Å²) in [5.41, 5.74) is 10.6. The summed E-state index contributed by atoms with van der Waals surface area (Å²) < 4.78 is 0. The first-order valence-electron chi connectivity index (χ1n) is 3.72. The van der Waals surface area contributed by atoms with E-state index in [1.165, 1.54) is 0 Å². The Labute approximate surface area is 61.8 Å². The number of hydrogen-bond acceptors (Lipinski definition) is 3. The van der Waals surface area contributed by atoms with Gasteiger partial charge in [0, 0.05) is 0 Å². The quantitative estimate of drug-likeness (QED) is 0.408. The molecule has 0 aliphatic rings. The van der Waals surface area contributed by atoms with Crippen molar-refractivity contribution in [1.82, 2.24) is 0 Å². The van der Waals surface area contributed by atoms with E-state index in [2.05, 4.69) is 0 Å². The predicted octanol–water partition coefficient (Wildman–Crippen LogP) is 0.0317. The van der Waals surface area contributed by atoms with E-state index in [1.54, 1.807) is 0 Å². The third-order valence-corrected chi connectivity index (χ3v) is 1.42. The third-order valence-electron chi connectivity index (χ3n) is 1.42. The highest BCUT2D eigenvalue weighted by molar-refractivity contribution is 5.56. The molecule has 0 heterocycles. The van der Waals surface area contributed by atoms with Crippen molar-refractivity contribution < 1.29 is 4.79 Å². The fraction of sp³-hybridized carbons (Fsp3) is 0.857. The number of aldehydes is 1. The van der Waals surface area contributed by atoms with Crippen molar-refractivity contribution in [2.45, 2.75) is 31.7 Å². The van der Waals surface area contributed by atoms with E-state index in [0.29, 0.717) is 0 Å². The summed E-state index contributed by atoms with van der Waals surface area (Å²) in [6.07, 6.45) is 4.71. The fourth-order valence-electron chi connectivity index (χ4n) is 0.769. The van der Waals surface area contributed by atoms with Crippen molar-refractivity contribution in [3.05, 3.63) is 0 Å². The molecule has 10 heavy (non-hydrogen) atoms. The summed E-state index contributed by atoms with van der Waals surface area (Å²) >= 11 is 0. The smallest absolute Gasteiger partial charge is 0.136 e. The van der Waals surface area contributed by atoms with Crippen LogP contribution in [0.15, 0.2) is 0 Å². The second-order valence-corrected chi connectivity index (χ2v) is 2.44. The first-order chi connectivity index (χ1) is 4.81. The molecule has 0 aromatic heterocycles. The maximum atomic E-state index is 10.0. The molecule has 1 atom stereocenters. The monoisotopic (exact) mass is 144 g/mol. The lowest BCUT2D eigenvalue weighted by Crippen LogP contribution is -2.20. The molecule has 0 bridgehead atoms. The number of carbonyl (C=O) groups is 1. The fourth-order valence-corrected chi connectivity index (χ4v) is 0.769. The van der Waals surface area contributed by atoms with Crippen molar-refractivity contribution in [3.63, 3.8) is 0 Å². The van der Waals surface area contributed by atoms with Crippen molar-refractivity contribution in [2.24, 2.45) is 11.5 Å². The molecule has 0 aliphatic heterocycles. The zero-order valence-corrected chi connectivity index (χ0v) is 6.25. The Morgan fingerprint density at radius 2 is 2.00 bits per heavy atom. The van der Waals surface area contributed by atoms with Crippen LogP contribution in [0.3, 0.4) is 0 Å². The van der Waals surface area contributed by atoms with E-state index in [9.17, 15) is 4.79 Å². The molecule has 0 aliphatic carbocycles. The van der Waals surface area contributed by atoms with Gasteiger partial charge in [0.2, 0.25) is 0 Å². The van der Waals surface area contributed by atoms with E-state index < -0.39 is 0 Å². The molecule has 0 amide bonds. The van der Waals surface area contributed by atoms with Gasteiger partial charge in [-0.25, -0.2) is 0 Å². The van der Waals surface area contributed by atoms with E-state index in [4.69, 9.17) is 11.5 Å². The average Bonchev–Trinajstić information content (AvgIpc) is 1.98. The summed E-state index contributed by atoms with van der Waals surface area (Å²) in [4.78, 5) is 10.0. The molecular weight excluding hydrogens is 128 g/mol. The third kappa shape index (κ3) is 5.72. The van der Waals surface area contributed by atoms with Gasteiger partial charge < -0.3 is 16.3 Å². The molecule has 0 saturated heterocycles. The van der Waals surface area contributed by atoms with Crippen molar-refractivity contribution >= 4 is 6.29 Å². The second-order valence-electron chi connectivity index (χ2n) is 2.44. The highest BCUT2D eigenvalue weighted by Gasteiger charge is 1.97. The maximum absolute atomic E-state index is 10.0. The molecule has 0 fully saturated rings. The summed E-state index contributed by atoms with van der Waals surface area (Å²) in [5.74, 6) is 0. The summed E-state index contributed by atoms with van der Waals surface area (Å²) in [7, 11) is 0. The largest absolute Gasteiger partial charge is 0.330 e. The molecule has 60 valence electrons. The molecule has 3 nitrogen and oxygen atoms in total. The van der Waals surface area contributed by atoms with Crippen molar-refractivity contribution in [1.29, 1.82) is 0 Å². The van der Waals surface area contributed by atoms with Gasteiger partial charge in [0.25, 0.3) is 0 Å². The van der Waals surface area contributed by atoms with Crippen LogP contribution < -0.4 is 11.5 Å². The van der Waals surface area contributed by atoms with Crippen LogP contribution in [0.5, 0.6) is 0 Å². The van der Waals surface area contributed by atoms with Crippen molar-refractivity contribution in [2.75, 3.05) is 6.54 Å². The molecule has 0 radical (unpaired) electrons. The first kappa shape index (κ1) is 9.59. The SMILES string of the molecule is NCCCCC[C@@H](N)C=O. The lowest BCUT2D eigenvalue weighted by Gasteiger charge is -2.01. The second kappa shape index (κ2) is 6.71. The van der Waals surface area contributed by atoms with Crippen molar-refractivity contribution in [3.8, 4) is 0 Å². The highest BCUT2D eigenvalue weighted by atomic mass is 16.1. The Morgan fingerprint density at radius 1 is 1.30 bits per heavy atom. The number of unbranched alkanes of at least 4 members (excludes halogenated alkanes) is 2. The van der Waals surface area contributed by atoms with Gasteiger partial charge >= 0.3 is 0 Å². The Morgan fingerprint density at radius 3 is 2.50 bits per heavy atom. The predicted molar refractivity (Wildman–Crippen MR) is 41.6 cm³/mol. The Bertz CT molecular complexity index is 85.7. The van der Waals surface area contributed by atoms with E-state index in [1.807, 2.05) is 0 Å². The highest BCUT2D eigenvalue weighted by Crippen LogP contribution is 1.99. The van der Waals surface area contributed by atoms with Crippen LogP contribution in [0.1, 0.15) is 25.7 Å². The molecule has 0 unspecified atom stereocenters. The van der Waals surface area contributed by atoms with Crippen LogP contribution >= 0.6 is 0 Å². The van der Waals surface area contributed by atoms with Crippen LogP contribution in [-0.4, -0.2) is 18.9 Å². The van der Waals surface area contributed by atoms with Crippen LogP contribution in [-0.2, 0) is 4.79 Å². The van der Waals surface area contributed by atoms with Gasteiger partial charge in [0.1, 0.15) is 6.29 Å². The molecule has 3 heteroatoms. The topological polar surface area (TPSA) is 69.1 Å². The molecule has 0 aromatic carbocycles. The Kier molecular flexibility index (Phi) is 6.43. The first-order valence-corrected chi connectivity index (χ1v) is 3.72. The minimum Gasteiger partial charge on any atom is -0.330 e. The Hall–Kier alpha value is -0.410. The van der Waals surface area contributed by atoms with Crippen LogP contribution in [0.2, 0.25) is 0 Å². The molecule has 0 rings (SSSR count). The summed E-state index contributed by atoms with van der Waals surface area (Å²) in [5, 5.41) is 0. The molecular formula is C7H16N2O. The number of carbonyl (C=O) groups excluding carboxylic acids is 1. The van der Waals surface area contributed by atoms with Crippen LogP contribution in [0.25, 0.3) is 0 Å². The van der Waals surface area contributed by atoms with Gasteiger partial charge in [0.15, 0.2) is 0 Å². The molecule has 4 N–H and O–H groups in total. The minimum atomic E-state index is -0.266. The molecule has 0 saturated carbocycles. The molecule has 0 aromatic rings. The van der Waals surface area contributed by atoms with E-state index >= 15 is 0 Å². The summed E-state index contributed by atoms with van der Waals surface area (Å²) in [6, 6.07) is -0.266. The Balaban J connectivity index is 2.95. The van der Waals surface area contributed by atoms with Gasteiger partial charge in [-0.1, -0.05) is 12.8 Å². The standard InChI is InChI=1S/C7H16N2O/c8-5-3-1-2-4-7(9)6-10/h6-7H,1-5,8-9H2/t7-/m1/s1. The van der Waals surface area contributed by atoms with Gasteiger partial charge in [-0.05, 0) is 19.4 Å². The van der Waals surface area contributed by atoms with Crippen LogP contribution in [0.4, 0.5) is 0 Å². The van der Waals surface area contributed by atoms with Gasteiger partial charge in [-0.2, -0.15) is 0 Å². The van der Waals surface area contributed by atoms with Crippen LogP contribution in [0, 0.1) is 0 Å². The summed E-state index contributed by atoms with van der Waals surface area (Å²) in [6.45, 7) is 0.732. The van der Waals surface area contributed by atoms with Gasteiger partial charge in [0.05, 0.1) is 6.04 Å². The normalized spacial score (nSPS) is 13.0. The van der Waals surface area contributed by atoms with Gasteiger partial charge in [-0.15, -0.1) is 0 Å². The number of nitrogens with two attached hydrogens (primary N) is 2. The zero-order valence-electron chi connectivity index (χ0n) is 6.25.